The van der Waals surface area contributed by atoms with Gasteiger partial charge in [0.15, 0.2) is 9.84 Å². The van der Waals surface area contributed by atoms with Gasteiger partial charge in [-0.2, -0.15) is 0 Å². The molecule has 0 radical (unpaired) electrons. The smallest absolute Gasteiger partial charge is 0.305 e. The number of ether oxygens (including phenoxy) is 1. The highest BCUT2D eigenvalue weighted by Gasteiger charge is 2.08. The Balaban J connectivity index is 1.96. The van der Waals surface area contributed by atoms with Crippen LogP contribution in [0.15, 0.2) is 51.8 Å². The van der Waals surface area contributed by atoms with Crippen molar-refractivity contribution >= 4 is 33.5 Å². The van der Waals surface area contributed by atoms with Gasteiger partial charge in [-0.05, 0) is 36.4 Å². The molecule has 2 aromatic rings. The molecule has 0 spiro atoms. The van der Waals surface area contributed by atoms with E-state index in [-0.39, 0.29) is 17.3 Å². The minimum Gasteiger partial charge on any atom is -0.469 e. The molecule has 2 rings (SSSR count). The number of anilines is 1. The Kier molecular flexibility index (Phi) is 6.35. The number of esters is 1. The highest BCUT2D eigenvalue weighted by molar-refractivity contribution is 7.90. The van der Waals surface area contributed by atoms with Crippen LogP contribution in [0.4, 0.5) is 5.69 Å². The molecule has 8 heteroatoms. The number of sulfone groups is 1. The number of aryl methyl sites for hydroxylation is 1. The third kappa shape index (κ3) is 5.89. The number of methoxy groups -OCH3 is 1. The third-order valence-electron chi connectivity index (χ3n) is 3.41. The van der Waals surface area contributed by atoms with Crippen LogP contribution in [0.25, 0.3) is 6.08 Å². The number of hydrogen-bond acceptors (Lipinski definition) is 6. The number of furan rings is 1. The summed E-state index contributed by atoms with van der Waals surface area (Å²) in [4.78, 5) is 23.2. The number of nitrogens with one attached hydrogen (secondary N) is 1. The summed E-state index contributed by atoms with van der Waals surface area (Å²) in [6, 6.07) is 9.39. The van der Waals surface area contributed by atoms with Crippen molar-refractivity contribution in [2.45, 2.75) is 17.7 Å². The lowest BCUT2D eigenvalue weighted by Gasteiger charge is -2.04. The van der Waals surface area contributed by atoms with Crippen molar-refractivity contribution in [2.24, 2.45) is 0 Å². The molecule has 26 heavy (non-hydrogen) atoms. The third-order valence-corrected chi connectivity index (χ3v) is 4.52. The molecule has 1 heterocycles. The molecule has 1 N–H and O–H groups in total. The lowest BCUT2D eigenvalue weighted by Crippen LogP contribution is -2.08. The molecule has 1 aromatic carbocycles. The first kappa shape index (κ1) is 19.5. The number of benzene rings is 1. The molecule has 0 aliphatic heterocycles. The van der Waals surface area contributed by atoms with E-state index in [1.807, 2.05) is 0 Å². The summed E-state index contributed by atoms with van der Waals surface area (Å²) in [7, 11) is -2.02. The summed E-state index contributed by atoms with van der Waals surface area (Å²) in [5.41, 5.74) is 0.376. The van der Waals surface area contributed by atoms with Crippen LogP contribution in [0.1, 0.15) is 17.9 Å². The van der Waals surface area contributed by atoms with E-state index in [1.165, 1.54) is 31.4 Å². The van der Waals surface area contributed by atoms with Gasteiger partial charge in [0.1, 0.15) is 11.5 Å². The highest BCUT2D eigenvalue weighted by Crippen LogP contribution is 2.16. The van der Waals surface area contributed by atoms with Crippen LogP contribution in [0.2, 0.25) is 0 Å². The van der Waals surface area contributed by atoms with Gasteiger partial charge < -0.3 is 14.5 Å². The Bertz CT molecular complexity index is 927. The molecule has 0 saturated heterocycles. The second-order valence-corrected chi connectivity index (χ2v) is 7.52. The lowest BCUT2D eigenvalue weighted by atomic mass is 10.2. The van der Waals surface area contributed by atoms with Gasteiger partial charge in [0.05, 0.1) is 18.4 Å². The van der Waals surface area contributed by atoms with E-state index < -0.39 is 15.7 Å². The minimum atomic E-state index is -3.34. The molecule has 0 saturated carbocycles. The molecule has 0 bridgehead atoms. The fourth-order valence-corrected chi connectivity index (χ4v) is 2.76. The number of rotatable bonds is 7. The van der Waals surface area contributed by atoms with E-state index >= 15 is 0 Å². The monoisotopic (exact) mass is 377 g/mol. The van der Waals surface area contributed by atoms with Crippen molar-refractivity contribution in [1.82, 2.24) is 0 Å². The normalized spacial score (nSPS) is 11.5. The molecule has 1 amide bonds. The summed E-state index contributed by atoms with van der Waals surface area (Å²) < 4.78 is 33.1. The Morgan fingerprint density at radius 3 is 2.69 bits per heavy atom. The van der Waals surface area contributed by atoms with Crippen LogP contribution in [0.5, 0.6) is 0 Å². The summed E-state index contributed by atoms with van der Waals surface area (Å²) in [5, 5.41) is 2.59. The molecule has 0 atom stereocenters. The van der Waals surface area contributed by atoms with Crippen LogP contribution in [0.3, 0.4) is 0 Å². The minimum absolute atomic E-state index is 0.126. The standard InChI is InChI=1S/C18H19NO6S/c1-24-18(21)11-9-15-7-6-14(25-15)8-10-17(20)19-13-4-3-5-16(12-13)26(2,22)23/h3-8,10,12H,9,11H2,1-2H3,(H,19,20)/b10-8+. The summed E-state index contributed by atoms with van der Waals surface area (Å²) in [6.07, 6.45) is 4.48. The summed E-state index contributed by atoms with van der Waals surface area (Å²) in [5.74, 6) is 0.318. The second kappa shape index (κ2) is 8.48. The lowest BCUT2D eigenvalue weighted by molar-refractivity contribution is -0.140. The fraction of sp³-hybridized carbons (Fsp3) is 0.222. The van der Waals surface area contributed by atoms with Crippen molar-refractivity contribution in [1.29, 1.82) is 0 Å². The van der Waals surface area contributed by atoms with Crippen molar-refractivity contribution in [3.05, 3.63) is 54.0 Å². The summed E-state index contributed by atoms with van der Waals surface area (Å²) in [6.45, 7) is 0. The van der Waals surface area contributed by atoms with E-state index in [2.05, 4.69) is 10.1 Å². The fourth-order valence-electron chi connectivity index (χ4n) is 2.09. The van der Waals surface area contributed by atoms with Gasteiger partial charge in [0.25, 0.3) is 0 Å². The zero-order chi connectivity index (χ0) is 19.2. The molecule has 0 aliphatic rings. The maximum Gasteiger partial charge on any atom is 0.305 e. The van der Waals surface area contributed by atoms with Crippen molar-refractivity contribution in [3.8, 4) is 0 Å². The second-order valence-electron chi connectivity index (χ2n) is 5.50. The predicted octanol–water partition coefficient (Wildman–Crippen LogP) is 2.44. The van der Waals surface area contributed by atoms with Crippen molar-refractivity contribution in [2.75, 3.05) is 18.7 Å². The molecule has 0 unspecified atom stereocenters. The first-order chi connectivity index (χ1) is 12.3. The van der Waals surface area contributed by atoms with E-state index in [4.69, 9.17) is 4.42 Å². The van der Waals surface area contributed by atoms with Gasteiger partial charge in [0, 0.05) is 24.4 Å². The number of hydrogen-bond donors (Lipinski definition) is 1. The molecule has 7 nitrogen and oxygen atoms in total. The molecular formula is C18H19NO6S. The quantitative estimate of drug-likeness (QED) is 0.587. The van der Waals surface area contributed by atoms with Crippen LogP contribution < -0.4 is 5.32 Å². The molecule has 138 valence electrons. The van der Waals surface area contributed by atoms with Gasteiger partial charge in [-0.15, -0.1) is 0 Å². The van der Waals surface area contributed by atoms with Gasteiger partial charge in [-0.25, -0.2) is 8.42 Å². The topological polar surface area (TPSA) is 103 Å². The Hall–Kier alpha value is -2.87. The number of carbonyl (C=O) groups excluding carboxylic acids is 2. The largest absolute Gasteiger partial charge is 0.469 e. The zero-order valence-corrected chi connectivity index (χ0v) is 15.2. The van der Waals surface area contributed by atoms with Gasteiger partial charge in [0.2, 0.25) is 5.91 Å². The predicted molar refractivity (Wildman–Crippen MR) is 96.3 cm³/mol. The average molecular weight is 377 g/mol. The maximum absolute atomic E-state index is 12.0. The van der Waals surface area contributed by atoms with Crippen LogP contribution in [0, 0.1) is 0 Å². The Morgan fingerprint density at radius 2 is 2.00 bits per heavy atom. The highest BCUT2D eigenvalue weighted by atomic mass is 32.2. The van der Waals surface area contributed by atoms with E-state index in [0.29, 0.717) is 23.6 Å². The van der Waals surface area contributed by atoms with E-state index in [1.54, 1.807) is 24.3 Å². The average Bonchev–Trinajstić information content (AvgIpc) is 3.05. The zero-order valence-electron chi connectivity index (χ0n) is 14.4. The van der Waals surface area contributed by atoms with Crippen LogP contribution in [-0.2, 0) is 30.6 Å². The first-order valence-corrected chi connectivity index (χ1v) is 9.62. The van der Waals surface area contributed by atoms with Gasteiger partial charge in [-0.1, -0.05) is 6.07 Å². The van der Waals surface area contributed by atoms with Crippen molar-refractivity contribution in [3.63, 3.8) is 0 Å². The van der Waals surface area contributed by atoms with Crippen LogP contribution >= 0.6 is 0 Å². The van der Waals surface area contributed by atoms with Gasteiger partial charge in [-0.3, -0.25) is 9.59 Å². The Labute approximate surface area is 151 Å². The molecule has 0 fully saturated rings. The van der Waals surface area contributed by atoms with Gasteiger partial charge >= 0.3 is 5.97 Å². The van der Waals surface area contributed by atoms with Crippen molar-refractivity contribution < 1.29 is 27.2 Å². The van der Waals surface area contributed by atoms with E-state index in [0.717, 1.165) is 6.26 Å². The summed E-state index contributed by atoms with van der Waals surface area (Å²) >= 11 is 0. The van der Waals surface area contributed by atoms with Crippen LogP contribution in [-0.4, -0.2) is 33.7 Å². The van der Waals surface area contributed by atoms with E-state index in [9.17, 15) is 18.0 Å². The maximum atomic E-state index is 12.0. The Morgan fingerprint density at radius 1 is 1.23 bits per heavy atom. The number of amides is 1. The number of carbonyl (C=O) groups is 2. The molecular weight excluding hydrogens is 358 g/mol. The molecule has 1 aromatic heterocycles. The molecule has 0 aliphatic carbocycles. The first-order valence-electron chi connectivity index (χ1n) is 7.72. The SMILES string of the molecule is COC(=O)CCc1ccc(/C=C/C(=O)Nc2cccc(S(C)(=O)=O)c2)o1.